The number of hydrogen-bond donors (Lipinski definition) is 1. The lowest BCUT2D eigenvalue weighted by atomic mass is 9.95. The van der Waals surface area contributed by atoms with Gasteiger partial charge in [-0.15, -0.1) is 0 Å². The number of imidazole rings is 1. The van der Waals surface area contributed by atoms with Crippen LogP contribution in [0.4, 0.5) is 0 Å². The van der Waals surface area contributed by atoms with Gasteiger partial charge < -0.3 is 14.8 Å². The minimum Gasteiger partial charge on any atom is -0.342 e. The van der Waals surface area contributed by atoms with Crippen LogP contribution in [0.15, 0.2) is 12.1 Å². The molecule has 3 saturated heterocycles. The summed E-state index contributed by atoms with van der Waals surface area (Å²) in [5.74, 6) is 1.14. The number of fused-ring (bicyclic) bond motifs is 5. The summed E-state index contributed by atoms with van der Waals surface area (Å²) in [5, 5.41) is 0. The average molecular weight is 354 g/mol. The van der Waals surface area contributed by atoms with Crippen LogP contribution in [0.1, 0.15) is 36.2 Å². The SMILES string of the molecule is Cc1ccc2[nH]c(CCC(=O)N3C[C@H]4CC[C@@H](C3)N(C)C4=O)nc2c1C. The third kappa shape index (κ3) is 2.87. The molecule has 0 radical (unpaired) electrons. The van der Waals surface area contributed by atoms with Crippen molar-refractivity contribution >= 4 is 22.8 Å². The van der Waals surface area contributed by atoms with Crippen LogP contribution in [0.3, 0.4) is 0 Å². The lowest BCUT2D eigenvalue weighted by Crippen LogP contribution is -2.45. The summed E-state index contributed by atoms with van der Waals surface area (Å²) >= 11 is 0. The Kier molecular flexibility index (Phi) is 4.21. The molecule has 1 aromatic carbocycles. The summed E-state index contributed by atoms with van der Waals surface area (Å²) in [7, 11) is 1.87. The first-order chi connectivity index (χ1) is 12.4. The van der Waals surface area contributed by atoms with Crippen LogP contribution in [-0.4, -0.2) is 57.8 Å². The van der Waals surface area contributed by atoms with E-state index in [1.54, 1.807) is 0 Å². The first-order valence-electron chi connectivity index (χ1n) is 9.43. The maximum atomic E-state index is 12.7. The Hall–Kier alpha value is -2.37. The van der Waals surface area contributed by atoms with E-state index in [0.717, 1.165) is 29.7 Å². The van der Waals surface area contributed by atoms with Crippen molar-refractivity contribution in [2.24, 2.45) is 5.92 Å². The van der Waals surface area contributed by atoms with E-state index >= 15 is 0 Å². The second-order valence-electron chi connectivity index (χ2n) is 7.76. The van der Waals surface area contributed by atoms with Crippen LogP contribution < -0.4 is 0 Å². The molecule has 2 aromatic rings. The van der Waals surface area contributed by atoms with Gasteiger partial charge in [-0.1, -0.05) is 6.07 Å². The number of H-pyrrole nitrogens is 1. The summed E-state index contributed by atoms with van der Waals surface area (Å²) in [5.41, 5.74) is 4.42. The minimum absolute atomic E-state index is 0.0282. The predicted octanol–water partition coefficient (Wildman–Crippen LogP) is 2.19. The second-order valence-corrected chi connectivity index (χ2v) is 7.76. The lowest BCUT2D eigenvalue weighted by Gasteiger charge is -2.32. The van der Waals surface area contributed by atoms with Crippen LogP contribution in [0, 0.1) is 19.8 Å². The van der Waals surface area contributed by atoms with Crippen molar-refractivity contribution < 1.29 is 9.59 Å². The molecule has 4 heterocycles. The monoisotopic (exact) mass is 354 g/mol. The molecule has 1 aromatic heterocycles. The van der Waals surface area contributed by atoms with Gasteiger partial charge in [-0.05, 0) is 43.9 Å². The number of hydrogen-bond acceptors (Lipinski definition) is 3. The molecule has 0 saturated carbocycles. The van der Waals surface area contributed by atoms with Gasteiger partial charge in [0.25, 0.3) is 0 Å². The number of piperidine rings is 1. The molecule has 6 nitrogen and oxygen atoms in total. The van der Waals surface area contributed by atoms with Gasteiger partial charge in [0.1, 0.15) is 5.82 Å². The van der Waals surface area contributed by atoms with Crippen LogP contribution in [0.2, 0.25) is 0 Å². The van der Waals surface area contributed by atoms with Crippen LogP contribution in [0.5, 0.6) is 0 Å². The fourth-order valence-corrected chi connectivity index (χ4v) is 4.23. The predicted molar refractivity (Wildman–Crippen MR) is 99.8 cm³/mol. The Morgan fingerprint density at radius 2 is 2.08 bits per heavy atom. The van der Waals surface area contributed by atoms with Crippen molar-refractivity contribution in [3.63, 3.8) is 0 Å². The molecule has 0 unspecified atom stereocenters. The number of carbonyl (C=O) groups excluding carboxylic acids is 2. The third-order valence-electron chi connectivity index (χ3n) is 6.12. The first-order valence-corrected chi connectivity index (χ1v) is 9.43. The molecular weight excluding hydrogens is 328 g/mol. The quantitative estimate of drug-likeness (QED) is 0.919. The van der Waals surface area contributed by atoms with Crippen molar-refractivity contribution in [2.45, 2.75) is 45.6 Å². The number of aromatic amines is 1. The molecule has 3 fully saturated rings. The Labute approximate surface area is 153 Å². The number of nitrogens with one attached hydrogen (secondary N) is 1. The number of rotatable bonds is 3. The van der Waals surface area contributed by atoms with E-state index in [1.165, 1.54) is 11.1 Å². The molecule has 2 bridgehead atoms. The highest BCUT2D eigenvalue weighted by Gasteiger charge is 2.39. The van der Waals surface area contributed by atoms with Crippen LogP contribution in [0.25, 0.3) is 11.0 Å². The maximum Gasteiger partial charge on any atom is 0.227 e. The smallest absolute Gasteiger partial charge is 0.227 e. The summed E-state index contributed by atoms with van der Waals surface area (Å²) in [4.78, 5) is 36.8. The van der Waals surface area contributed by atoms with E-state index < -0.39 is 0 Å². The van der Waals surface area contributed by atoms with E-state index in [0.29, 0.717) is 25.9 Å². The second kappa shape index (κ2) is 6.41. The Morgan fingerprint density at radius 3 is 2.88 bits per heavy atom. The first kappa shape index (κ1) is 17.1. The summed E-state index contributed by atoms with van der Waals surface area (Å²) < 4.78 is 0. The molecule has 1 N–H and O–H groups in total. The summed E-state index contributed by atoms with van der Waals surface area (Å²) in [6.45, 7) is 5.39. The average Bonchev–Trinajstić information content (AvgIpc) is 2.86. The molecule has 0 spiro atoms. The van der Waals surface area contributed by atoms with Gasteiger partial charge in [0.15, 0.2) is 0 Å². The van der Waals surface area contributed by atoms with Gasteiger partial charge in [0.05, 0.1) is 17.0 Å². The maximum absolute atomic E-state index is 12.7. The zero-order valence-electron chi connectivity index (χ0n) is 15.7. The van der Waals surface area contributed by atoms with Crippen molar-refractivity contribution in [3.05, 3.63) is 29.1 Å². The molecule has 3 aliphatic rings. The van der Waals surface area contributed by atoms with Gasteiger partial charge >= 0.3 is 0 Å². The number of benzene rings is 1. The van der Waals surface area contributed by atoms with Crippen molar-refractivity contribution in [1.82, 2.24) is 19.8 Å². The van der Waals surface area contributed by atoms with Gasteiger partial charge in [-0.25, -0.2) is 4.98 Å². The van der Waals surface area contributed by atoms with Gasteiger partial charge in [0.2, 0.25) is 11.8 Å². The fourth-order valence-electron chi connectivity index (χ4n) is 4.23. The molecule has 2 amide bonds. The molecule has 5 rings (SSSR count). The number of carbonyl (C=O) groups is 2. The molecule has 2 atom stereocenters. The van der Waals surface area contributed by atoms with E-state index in [9.17, 15) is 9.59 Å². The van der Waals surface area contributed by atoms with Gasteiger partial charge in [0, 0.05) is 39.0 Å². The van der Waals surface area contributed by atoms with E-state index in [2.05, 4.69) is 29.9 Å². The number of nitrogens with zero attached hydrogens (tertiary/aromatic N) is 3. The number of aryl methyl sites for hydroxylation is 3. The number of aromatic nitrogens is 2. The Balaban J connectivity index is 1.44. The zero-order chi connectivity index (χ0) is 18.4. The van der Waals surface area contributed by atoms with Crippen molar-refractivity contribution in [1.29, 1.82) is 0 Å². The largest absolute Gasteiger partial charge is 0.342 e. The van der Waals surface area contributed by atoms with Crippen LogP contribution in [-0.2, 0) is 16.0 Å². The van der Waals surface area contributed by atoms with Crippen molar-refractivity contribution in [2.75, 3.05) is 20.1 Å². The molecule has 0 aliphatic carbocycles. The topological polar surface area (TPSA) is 69.3 Å². The van der Waals surface area contributed by atoms with Crippen molar-refractivity contribution in [3.8, 4) is 0 Å². The molecule has 3 aliphatic heterocycles. The van der Waals surface area contributed by atoms with E-state index in [-0.39, 0.29) is 23.8 Å². The van der Waals surface area contributed by atoms with Crippen LogP contribution >= 0.6 is 0 Å². The molecular formula is C20H26N4O2. The highest BCUT2D eigenvalue weighted by molar-refractivity contribution is 5.83. The standard InChI is InChI=1S/C20H26N4O2/c1-12-4-7-16-19(13(12)2)22-17(21-16)8-9-18(25)24-10-14-5-6-15(11-24)23(3)20(14)26/h4,7,14-15H,5-6,8-11H2,1-3H3,(H,21,22)/t14-,15+/m1/s1. The molecule has 6 heteroatoms. The zero-order valence-corrected chi connectivity index (χ0v) is 15.7. The highest BCUT2D eigenvalue weighted by atomic mass is 16.2. The number of likely N-dealkylation sites (N-methyl/N-ethyl adjacent to an activating group) is 1. The summed E-state index contributed by atoms with van der Waals surface area (Å²) in [6.07, 6.45) is 2.93. The Morgan fingerprint density at radius 1 is 1.27 bits per heavy atom. The summed E-state index contributed by atoms with van der Waals surface area (Å²) in [6, 6.07) is 4.30. The number of amides is 2. The third-order valence-corrected chi connectivity index (χ3v) is 6.12. The van der Waals surface area contributed by atoms with Gasteiger partial charge in [-0.2, -0.15) is 0 Å². The normalized spacial score (nSPS) is 23.0. The lowest BCUT2D eigenvalue weighted by molar-refractivity contribution is -0.138. The molecule has 138 valence electrons. The van der Waals surface area contributed by atoms with Gasteiger partial charge in [-0.3, -0.25) is 9.59 Å². The fraction of sp³-hybridized carbons (Fsp3) is 0.550. The highest BCUT2D eigenvalue weighted by Crippen LogP contribution is 2.28. The Bertz CT molecular complexity index is 872. The minimum atomic E-state index is -0.0282. The van der Waals surface area contributed by atoms with E-state index in [4.69, 9.17) is 0 Å². The van der Waals surface area contributed by atoms with E-state index in [1.807, 2.05) is 22.9 Å². The molecule has 26 heavy (non-hydrogen) atoms.